The molecule has 1 aliphatic heterocycles. The largest absolute Gasteiger partial charge is 0.508 e. The highest BCUT2D eigenvalue weighted by Gasteiger charge is 2.27. The predicted octanol–water partition coefficient (Wildman–Crippen LogP) is 2.91. The van der Waals surface area contributed by atoms with Crippen molar-refractivity contribution in [2.45, 2.75) is 33.4 Å². The summed E-state index contributed by atoms with van der Waals surface area (Å²) in [5.74, 6) is 1.05. The van der Waals surface area contributed by atoms with E-state index in [2.05, 4.69) is 29.3 Å². The standard InChI is InChI=1S/C22H27N3O4/c1-4-25(5-2)13-17-12-16(10-11-18(17)26)15(3)23-24-22(27)21-14-28-19-8-6-7-9-20(19)29-21/h6-12,21,26H,4-5,13-14H2,1-3H3,(H,24,27)/b23-15+/t21-/m0/s1. The van der Waals surface area contributed by atoms with Gasteiger partial charge in [0, 0.05) is 12.1 Å². The van der Waals surface area contributed by atoms with Gasteiger partial charge in [0.1, 0.15) is 12.4 Å². The number of carbonyl (C=O) groups excluding carboxylic acids is 1. The normalized spacial score (nSPS) is 16.0. The molecule has 0 spiro atoms. The average Bonchev–Trinajstić information content (AvgIpc) is 2.76. The first-order valence-corrected chi connectivity index (χ1v) is 9.79. The number of amides is 1. The number of nitrogens with one attached hydrogen (secondary N) is 1. The van der Waals surface area contributed by atoms with Gasteiger partial charge in [-0.1, -0.05) is 26.0 Å². The van der Waals surface area contributed by atoms with Crippen molar-refractivity contribution in [2.75, 3.05) is 19.7 Å². The Balaban J connectivity index is 1.66. The molecule has 0 unspecified atom stereocenters. The molecular formula is C22H27N3O4. The van der Waals surface area contributed by atoms with Crippen LogP contribution in [-0.4, -0.2) is 47.4 Å². The van der Waals surface area contributed by atoms with E-state index >= 15 is 0 Å². The smallest absolute Gasteiger partial charge is 0.284 e. The first kappa shape index (κ1) is 20.7. The van der Waals surface area contributed by atoms with Crippen molar-refractivity contribution in [3.63, 3.8) is 0 Å². The van der Waals surface area contributed by atoms with Gasteiger partial charge in [0.2, 0.25) is 6.10 Å². The lowest BCUT2D eigenvalue weighted by Crippen LogP contribution is -2.42. The van der Waals surface area contributed by atoms with Gasteiger partial charge in [-0.2, -0.15) is 5.10 Å². The minimum atomic E-state index is -0.764. The molecule has 2 aromatic carbocycles. The number of aromatic hydroxyl groups is 1. The van der Waals surface area contributed by atoms with Crippen molar-refractivity contribution in [3.8, 4) is 17.2 Å². The maximum Gasteiger partial charge on any atom is 0.284 e. The Morgan fingerprint density at radius 2 is 1.93 bits per heavy atom. The van der Waals surface area contributed by atoms with Crippen LogP contribution < -0.4 is 14.9 Å². The summed E-state index contributed by atoms with van der Waals surface area (Å²) in [6, 6.07) is 12.6. The number of para-hydroxylation sites is 2. The third-order valence-electron chi connectivity index (χ3n) is 4.92. The van der Waals surface area contributed by atoms with Crippen LogP contribution in [0.5, 0.6) is 17.2 Å². The first-order valence-electron chi connectivity index (χ1n) is 9.79. The summed E-state index contributed by atoms with van der Waals surface area (Å²) >= 11 is 0. The molecule has 0 fully saturated rings. The van der Waals surface area contributed by atoms with Gasteiger partial charge in [-0.15, -0.1) is 0 Å². The Bertz CT molecular complexity index is 893. The number of hydrogen-bond donors (Lipinski definition) is 2. The Labute approximate surface area is 170 Å². The molecule has 7 nitrogen and oxygen atoms in total. The number of rotatable bonds is 7. The molecule has 1 aliphatic rings. The number of benzene rings is 2. The Morgan fingerprint density at radius 1 is 1.21 bits per heavy atom. The summed E-state index contributed by atoms with van der Waals surface area (Å²) in [4.78, 5) is 14.6. The molecule has 0 saturated carbocycles. The van der Waals surface area contributed by atoms with Gasteiger partial charge in [0.25, 0.3) is 5.91 Å². The van der Waals surface area contributed by atoms with Crippen LogP contribution >= 0.6 is 0 Å². The summed E-state index contributed by atoms with van der Waals surface area (Å²) in [6.07, 6.45) is -0.764. The SMILES string of the molecule is CCN(CC)Cc1cc(/C(C)=N/NC(=O)[C@@H]2COc3ccccc3O2)ccc1O. The van der Waals surface area contributed by atoms with Gasteiger partial charge >= 0.3 is 0 Å². The van der Waals surface area contributed by atoms with E-state index < -0.39 is 6.10 Å². The number of phenolic OH excluding ortho intramolecular Hbond substituents is 1. The summed E-state index contributed by atoms with van der Waals surface area (Å²) < 4.78 is 11.3. The van der Waals surface area contributed by atoms with E-state index in [9.17, 15) is 9.90 Å². The van der Waals surface area contributed by atoms with Crippen LogP contribution in [0.25, 0.3) is 0 Å². The monoisotopic (exact) mass is 397 g/mol. The van der Waals surface area contributed by atoms with Gasteiger partial charge in [-0.3, -0.25) is 9.69 Å². The molecule has 7 heteroatoms. The zero-order chi connectivity index (χ0) is 20.8. The van der Waals surface area contributed by atoms with Crippen LogP contribution in [-0.2, 0) is 11.3 Å². The molecule has 1 atom stereocenters. The van der Waals surface area contributed by atoms with E-state index in [0.29, 0.717) is 23.8 Å². The molecular weight excluding hydrogens is 370 g/mol. The lowest BCUT2D eigenvalue weighted by Gasteiger charge is -2.24. The summed E-state index contributed by atoms with van der Waals surface area (Å²) in [7, 11) is 0. The highest BCUT2D eigenvalue weighted by Crippen LogP contribution is 2.30. The van der Waals surface area contributed by atoms with Crippen LogP contribution in [0.1, 0.15) is 31.9 Å². The van der Waals surface area contributed by atoms with Gasteiger partial charge in [-0.25, -0.2) is 5.43 Å². The second kappa shape index (κ2) is 9.43. The molecule has 2 N–H and O–H groups in total. The zero-order valence-corrected chi connectivity index (χ0v) is 17.0. The van der Waals surface area contributed by atoms with Crippen LogP contribution in [0.4, 0.5) is 0 Å². The number of phenols is 1. The zero-order valence-electron chi connectivity index (χ0n) is 17.0. The lowest BCUT2D eigenvalue weighted by molar-refractivity contribution is -0.130. The van der Waals surface area contributed by atoms with E-state index in [1.807, 2.05) is 18.2 Å². The minimum absolute atomic E-state index is 0.130. The number of ether oxygens (including phenoxy) is 2. The minimum Gasteiger partial charge on any atom is -0.508 e. The fourth-order valence-electron chi connectivity index (χ4n) is 3.05. The Hall–Kier alpha value is -3.06. The highest BCUT2D eigenvalue weighted by atomic mass is 16.6. The molecule has 0 bridgehead atoms. The van der Waals surface area contributed by atoms with E-state index in [-0.39, 0.29) is 18.3 Å². The van der Waals surface area contributed by atoms with E-state index in [1.54, 1.807) is 31.2 Å². The van der Waals surface area contributed by atoms with E-state index in [4.69, 9.17) is 9.47 Å². The highest BCUT2D eigenvalue weighted by molar-refractivity contribution is 5.99. The predicted molar refractivity (Wildman–Crippen MR) is 111 cm³/mol. The maximum atomic E-state index is 12.4. The quantitative estimate of drug-likeness (QED) is 0.554. The van der Waals surface area contributed by atoms with Crippen LogP contribution in [0, 0.1) is 0 Å². The molecule has 0 aromatic heterocycles. The number of fused-ring (bicyclic) bond motifs is 1. The second-order valence-corrected chi connectivity index (χ2v) is 6.84. The van der Waals surface area contributed by atoms with Crippen molar-refractivity contribution >= 4 is 11.6 Å². The topological polar surface area (TPSA) is 83.4 Å². The maximum absolute atomic E-state index is 12.4. The van der Waals surface area contributed by atoms with Crippen molar-refractivity contribution in [1.29, 1.82) is 0 Å². The lowest BCUT2D eigenvalue weighted by atomic mass is 10.1. The fraction of sp³-hybridized carbons (Fsp3) is 0.364. The molecule has 0 saturated heterocycles. The van der Waals surface area contributed by atoms with Crippen molar-refractivity contribution in [3.05, 3.63) is 53.6 Å². The average molecular weight is 397 g/mol. The first-order chi connectivity index (χ1) is 14.0. The molecule has 2 aromatic rings. The molecule has 1 heterocycles. The van der Waals surface area contributed by atoms with E-state index in [0.717, 1.165) is 24.2 Å². The van der Waals surface area contributed by atoms with Crippen molar-refractivity contribution in [2.24, 2.45) is 5.10 Å². The summed E-state index contributed by atoms with van der Waals surface area (Å²) in [5, 5.41) is 14.4. The number of nitrogens with zero attached hydrogens (tertiary/aromatic N) is 2. The molecule has 3 rings (SSSR count). The van der Waals surface area contributed by atoms with Gasteiger partial charge in [0.05, 0.1) is 5.71 Å². The molecule has 154 valence electrons. The van der Waals surface area contributed by atoms with Crippen LogP contribution in [0.3, 0.4) is 0 Å². The third kappa shape index (κ3) is 5.06. The van der Waals surface area contributed by atoms with Crippen LogP contribution in [0.2, 0.25) is 0 Å². The molecule has 0 radical (unpaired) electrons. The Morgan fingerprint density at radius 3 is 2.66 bits per heavy atom. The number of hydrazone groups is 1. The van der Waals surface area contributed by atoms with E-state index in [1.165, 1.54) is 0 Å². The fourth-order valence-corrected chi connectivity index (χ4v) is 3.05. The molecule has 29 heavy (non-hydrogen) atoms. The molecule has 0 aliphatic carbocycles. The van der Waals surface area contributed by atoms with Gasteiger partial charge < -0.3 is 14.6 Å². The number of hydrogen-bond acceptors (Lipinski definition) is 6. The van der Waals surface area contributed by atoms with Gasteiger partial charge in [0.15, 0.2) is 11.5 Å². The molecule has 1 amide bonds. The second-order valence-electron chi connectivity index (χ2n) is 6.84. The third-order valence-corrected chi connectivity index (χ3v) is 4.92. The Kier molecular flexibility index (Phi) is 6.72. The van der Waals surface area contributed by atoms with Crippen LogP contribution in [0.15, 0.2) is 47.6 Å². The number of carbonyl (C=O) groups is 1. The van der Waals surface area contributed by atoms with Crippen molar-refractivity contribution < 1.29 is 19.4 Å². The summed E-state index contributed by atoms with van der Waals surface area (Å²) in [6.45, 7) is 8.56. The van der Waals surface area contributed by atoms with Gasteiger partial charge in [-0.05, 0) is 55.9 Å². The summed E-state index contributed by atoms with van der Waals surface area (Å²) in [5.41, 5.74) is 4.84. The van der Waals surface area contributed by atoms with Crippen molar-refractivity contribution in [1.82, 2.24) is 10.3 Å².